The first kappa shape index (κ1) is 20.4. The topological polar surface area (TPSA) is 49.9 Å². The molecular weight excluding hydrogens is 383 g/mol. The largest absolute Gasteiger partial charge is 0.497 e. The number of benzene rings is 2. The van der Waals surface area contributed by atoms with Crippen LogP contribution in [0, 0.1) is 11.7 Å². The molecule has 4 rings (SSSR count). The summed E-state index contributed by atoms with van der Waals surface area (Å²) in [6.45, 7) is 1.59. The highest BCUT2D eigenvalue weighted by atomic mass is 19.1. The van der Waals surface area contributed by atoms with Crippen molar-refractivity contribution in [1.82, 2.24) is 9.80 Å². The highest BCUT2D eigenvalue weighted by Gasteiger charge is 2.41. The SMILES string of the molecule is COc1cccc(CC(=O)N2C[C@H]3CCCC(=O)N(Cc4cccc(F)c4)[C@H]3C2)c1. The predicted molar refractivity (Wildman–Crippen MR) is 111 cm³/mol. The van der Waals surface area contributed by atoms with Crippen LogP contribution in [0.2, 0.25) is 0 Å². The molecule has 0 aromatic heterocycles. The Morgan fingerprint density at radius 3 is 2.73 bits per heavy atom. The third-order valence-electron chi connectivity index (χ3n) is 6.18. The fourth-order valence-corrected chi connectivity index (χ4v) is 4.64. The van der Waals surface area contributed by atoms with Crippen molar-refractivity contribution in [3.63, 3.8) is 0 Å². The van der Waals surface area contributed by atoms with Gasteiger partial charge in [-0.25, -0.2) is 4.39 Å². The van der Waals surface area contributed by atoms with Crippen LogP contribution in [0.4, 0.5) is 4.39 Å². The number of likely N-dealkylation sites (tertiary alicyclic amines) is 2. The summed E-state index contributed by atoms with van der Waals surface area (Å²) in [4.78, 5) is 29.5. The smallest absolute Gasteiger partial charge is 0.227 e. The molecule has 2 atom stereocenters. The van der Waals surface area contributed by atoms with Crippen LogP contribution in [-0.2, 0) is 22.6 Å². The van der Waals surface area contributed by atoms with Crippen LogP contribution < -0.4 is 4.74 Å². The summed E-state index contributed by atoms with van der Waals surface area (Å²) in [5.41, 5.74) is 1.70. The maximum Gasteiger partial charge on any atom is 0.227 e. The second kappa shape index (κ2) is 8.86. The summed E-state index contributed by atoms with van der Waals surface area (Å²) in [5, 5.41) is 0. The van der Waals surface area contributed by atoms with E-state index in [1.54, 1.807) is 13.2 Å². The first-order valence-corrected chi connectivity index (χ1v) is 10.5. The highest BCUT2D eigenvalue weighted by Crippen LogP contribution is 2.32. The molecule has 2 aromatic carbocycles. The van der Waals surface area contributed by atoms with Gasteiger partial charge in [-0.15, -0.1) is 0 Å². The predicted octanol–water partition coefficient (Wildman–Crippen LogP) is 3.42. The molecule has 2 aromatic rings. The monoisotopic (exact) mass is 410 g/mol. The molecule has 2 fully saturated rings. The number of carbonyl (C=O) groups is 2. The van der Waals surface area contributed by atoms with E-state index < -0.39 is 0 Å². The van der Waals surface area contributed by atoms with E-state index in [-0.39, 0.29) is 29.6 Å². The molecular formula is C24H27FN2O3. The Balaban J connectivity index is 1.48. The van der Waals surface area contributed by atoms with Crippen molar-refractivity contribution >= 4 is 11.8 Å². The zero-order chi connectivity index (χ0) is 21.1. The number of hydrogen-bond acceptors (Lipinski definition) is 3. The normalized spacial score (nSPS) is 21.3. The van der Waals surface area contributed by atoms with Crippen LogP contribution in [0.5, 0.6) is 5.75 Å². The van der Waals surface area contributed by atoms with E-state index in [1.165, 1.54) is 12.1 Å². The molecule has 0 spiro atoms. The molecule has 2 aliphatic rings. The van der Waals surface area contributed by atoms with Gasteiger partial charge in [0.05, 0.1) is 19.6 Å². The molecule has 158 valence electrons. The number of rotatable bonds is 5. The molecule has 0 N–H and O–H groups in total. The second-order valence-electron chi connectivity index (χ2n) is 8.20. The van der Waals surface area contributed by atoms with Gasteiger partial charge in [0.25, 0.3) is 0 Å². The van der Waals surface area contributed by atoms with Gasteiger partial charge in [-0.1, -0.05) is 24.3 Å². The average molecular weight is 410 g/mol. The van der Waals surface area contributed by atoms with Crippen LogP contribution in [0.15, 0.2) is 48.5 Å². The van der Waals surface area contributed by atoms with Crippen LogP contribution in [0.25, 0.3) is 0 Å². The van der Waals surface area contributed by atoms with Crippen molar-refractivity contribution in [3.05, 3.63) is 65.5 Å². The second-order valence-corrected chi connectivity index (χ2v) is 8.20. The summed E-state index contributed by atoms with van der Waals surface area (Å²) in [6, 6.07) is 13.9. The summed E-state index contributed by atoms with van der Waals surface area (Å²) >= 11 is 0. The molecule has 30 heavy (non-hydrogen) atoms. The first-order valence-electron chi connectivity index (χ1n) is 10.5. The molecule has 2 amide bonds. The number of fused-ring (bicyclic) bond motifs is 1. The number of carbonyl (C=O) groups excluding carboxylic acids is 2. The van der Waals surface area contributed by atoms with Crippen LogP contribution >= 0.6 is 0 Å². The van der Waals surface area contributed by atoms with E-state index in [0.717, 1.165) is 29.7 Å². The zero-order valence-electron chi connectivity index (χ0n) is 17.2. The minimum atomic E-state index is -0.298. The van der Waals surface area contributed by atoms with Gasteiger partial charge in [0.2, 0.25) is 11.8 Å². The summed E-state index contributed by atoms with van der Waals surface area (Å²) in [7, 11) is 1.61. The van der Waals surface area contributed by atoms with Crippen molar-refractivity contribution in [2.45, 2.75) is 38.3 Å². The van der Waals surface area contributed by atoms with Gasteiger partial charge >= 0.3 is 0 Å². The lowest BCUT2D eigenvalue weighted by Crippen LogP contribution is -2.43. The molecule has 5 nitrogen and oxygen atoms in total. The maximum atomic E-state index is 13.6. The van der Waals surface area contributed by atoms with Crippen LogP contribution in [0.3, 0.4) is 0 Å². The van der Waals surface area contributed by atoms with E-state index in [0.29, 0.717) is 32.5 Å². The number of hydrogen-bond donors (Lipinski definition) is 0. The van der Waals surface area contributed by atoms with Gasteiger partial charge in [-0.2, -0.15) is 0 Å². The van der Waals surface area contributed by atoms with E-state index in [2.05, 4.69) is 0 Å². The first-order chi connectivity index (χ1) is 14.5. The fourth-order valence-electron chi connectivity index (χ4n) is 4.64. The van der Waals surface area contributed by atoms with Crippen LogP contribution in [-0.4, -0.2) is 47.9 Å². The molecule has 6 heteroatoms. The molecule has 0 unspecified atom stereocenters. The van der Waals surface area contributed by atoms with E-state index in [1.807, 2.05) is 40.1 Å². The standard InChI is InChI=1S/C24H27FN2O3/c1-30-21-9-3-5-17(12-21)13-24(29)26-15-19-7-4-10-23(28)27(22(19)16-26)14-18-6-2-8-20(25)11-18/h2-3,5-6,8-9,11-12,19,22H,4,7,10,13-16H2,1H3/t19-,22+/m1/s1. The summed E-state index contributed by atoms with van der Waals surface area (Å²) in [5.74, 6) is 0.856. The van der Waals surface area contributed by atoms with Crippen molar-refractivity contribution in [1.29, 1.82) is 0 Å². The van der Waals surface area contributed by atoms with E-state index in [4.69, 9.17) is 4.74 Å². The molecule has 0 radical (unpaired) electrons. The Bertz CT molecular complexity index is 932. The van der Waals surface area contributed by atoms with Crippen molar-refractivity contribution in [2.75, 3.05) is 20.2 Å². The summed E-state index contributed by atoms with van der Waals surface area (Å²) < 4.78 is 18.9. The number of methoxy groups -OCH3 is 1. The Morgan fingerprint density at radius 2 is 1.93 bits per heavy atom. The zero-order valence-corrected chi connectivity index (χ0v) is 17.2. The van der Waals surface area contributed by atoms with Gasteiger partial charge in [0, 0.05) is 26.1 Å². The van der Waals surface area contributed by atoms with Crippen molar-refractivity contribution < 1.29 is 18.7 Å². The fraction of sp³-hybridized carbons (Fsp3) is 0.417. The number of ether oxygens (including phenoxy) is 1. The molecule has 2 aliphatic heterocycles. The molecule has 0 aliphatic carbocycles. The lowest BCUT2D eigenvalue weighted by Gasteiger charge is -2.30. The molecule has 0 saturated carbocycles. The van der Waals surface area contributed by atoms with E-state index in [9.17, 15) is 14.0 Å². The van der Waals surface area contributed by atoms with Gasteiger partial charge in [-0.3, -0.25) is 9.59 Å². The van der Waals surface area contributed by atoms with E-state index >= 15 is 0 Å². The molecule has 0 bridgehead atoms. The van der Waals surface area contributed by atoms with Crippen LogP contribution in [0.1, 0.15) is 30.4 Å². The summed E-state index contributed by atoms with van der Waals surface area (Å²) in [6.07, 6.45) is 2.59. The third kappa shape index (κ3) is 4.48. The molecule has 2 saturated heterocycles. The Morgan fingerprint density at radius 1 is 1.13 bits per heavy atom. The highest BCUT2D eigenvalue weighted by molar-refractivity contribution is 5.80. The maximum absolute atomic E-state index is 13.6. The quantitative estimate of drug-likeness (QED) is 0.759. The lowest BCUT2D eigenvalue weighted by atomic mass is 9.98. The van der Waals surface area contributed by atoms with Gasteiger partial charge in [0.1, 0.15) is 11.6 Å². The minimum Gasteiger partial charge on any atom is -0.497 e. The molecule has 2 heterocycles. The average Bonchev–Trinajstić information content (AvgIpc) is 3.10. The Labute approximate surface area is 176 Å². The van der Waals surface area contributed by atoms with Gasteiger partial charge in [-0.05, 0) is 54.2 Å². The van der Waals surface area contributed by atoms with Gasteiger partial charge in [0.15, 0.2) is 0 Å². The minimum absolute atomic E-state index is 0.0162. The van der Waals surface area contributed by atoms with Crippen molar-refractivity contribution in [2.24, 2.45) is 5.92 Å². The third-order valence-corrected chi connectivity index (χ3v) is 6.18. The number of halogens is 1. The van der Waals surface area contributed by atoms with Crippen molar-refractivity contribution in [3.8, 4) is 5.75 Å². The number of amides is 2. The lowest BCUT2D eigenvalue weighted by molar-refractivity contribution is -0.135. The van der Waals surface area contributed by atoms with Gasteiger partial charge < -0.3 is 14.5 Å². The Hall–Kier alpha value is -2.89. The Kier molecular flexibility index (Phi) is 6.02. The number of nitrogens with zero attached hydrogens (tertiary/aromatic N) is 2.